The first-order valence-corrected chi connectivity index (χ1v) is 9.95. The molecule has 0 radical (unpaired) electrons. The number of rotatable bonds is 2. The molecule has 0 unspecified atom stereocenters. The maximum atomic E-state index is 12.6. The molecule has 6 heteroatoms. The van der Waals surface area contributed by atoms with Gasteiger partial charge >= 0.3 is 0 Å². The average Bonchev–Trinajstić information content (AvgIpc) is 3.08. The Morgan fingerprint density at radius 1 is 1.12 bits per heavy atom. The van der Waals surface area contributed by atoms with Gasteiger partial charge in [0.1, 0.15) is 0 Å². The second-order valence-electron chi connectivity index (χ2n) is 7.02. The van der Waals surface area contributed by atoms with Gasteiger partial charge in [0.25, 0.3) is 5.91 Å². The number of amides is 1. The summed E-state index contributed by atoms with van der Waals surface area (Å²) >= 11 is 1.53. The third-order valence-corrected chi connectivity index (χ3v) is 6.46. The highest BCUT2D eigenvalue weighted by Crippen LogP contribution is 2.28. The summed E-state index contributed by atoms with van der Waals surface area (Å²) in [5.74, 6) is 0.709. The fourth-order valence-electron chi connectivity index (χ4n) is 4.20. The van der Waals surface area contributed by atoms with Crippen molar-refractivity contribution in [2.45, 2.75) is 31.4 Å². The van der Waals surface area contributed by atoms with E-state index in [0.717, 1.165) is 70.1 Å². The molecule has 4 rings (SSSR count). The molecule has 1 amide bonds. The van der Waals surface area contributed by atoms with Gasteiger partial charge in [-0.2, -0.15) is 0 Å². The first-order valence-electron chi connectivity index (χ1n) is 9.07. The first-order chi connectivity index (χ1) is 11.8. The van der Waals surface area contributed by atoms with Crippen LogP contribution in [0.4, 0.5) is 0 Å². The van der Waals surface area contributed by atoms with Crippen LogP contribution in [0.3, 0.4) is 0 Å². The van der Waals surface area contributed by atoms with Crippen LogP contribution < -0.4 is 0 Å². The van der Waals surface area contributed by atoms with E-state index in [1.165, 1.54) is 11.3 Å². The fraction of sp³-hybridized carbons (Fsp3) is 0.722. The fourth-order valence-corrected chi connectivity index (χ4v) is 4.89. The lowest BCUT2D eigenvalue weighted by Crippen LogP contribution is -2.50. The minimum Gasteiger partial charge on any atom is -0.381 e. The lowest BCUT2D eigenvalue weighted by molar-refractivity contribution is -0.0172. The van der Waals surface area contributed by atoms with E-state index in [1.807, 2.05) is 22.4 Å². The molecular formula is C18H26N2O3S. The largest absolute Gasteiger partial charge is 0.381 e. The van der Waals surface area contributed by atoms with Crippen LogP contribution >= 0.6 is 11.3 Å². The summed E-state index contributed by atoms with van der Waals surface area (Å²) in [7, 11) is 0. The number of thiophene rings is 1. The van der Waals surface area contributed by atoms with Crippen molar-refractivity contribution < 1.29 is 14.3 Å². The summed E-state index contributed by atoms with van der Waals surface area (Å²) < 4.78 is 11.7. The third-order valence-electron chi connectivity index (χ3n) is 5.60. The van der Waals surface area contributed by atoms with E-state index in [1.54, 1.807) is 0 Å². The van der Waals surface area contributed by atoms with E-state index in [0.29, 0.717) is 12.0 Å². The van der Waals surface area contributed by atoms with Gasteiger partial charge in [-0.1, -0.05) is 6.07 Å². The summed E-state index contributed by atoms with van der Waals surface area (Å²) in [6.07, 6.45) is 3.51. The lowest BCUT2D eigenvalue weighted by Gasteiger charge is -2.39. The molecule has 0 saturated carbocycles. The molecule has 3 aliphatic heterocycles. The SMILES string of the molecule is O=C(c1cccs1)N1CC[C@H]2CN(C3CCOCC3)CCO[C@H]2C1. The van der Waals surface area contributed by atoms with E-state index in [9.17, 15) is 4.79 Å². The van der Waals surface area contributed by atoms with Crippen molar-refractivity contribution in [1.82, 2.24) is 9.80 Å². The van der Waals surface area contributed by atoms with Crippen molar-refractivity contribution in [3.05, 3.63) is 22.4 Å². The highest BCUT2D eigenvalue weighted by Gasteiger charge is 2.37. The van der Waals surface area contributed by atoms with Crippen LogP contribution in [-0.2, 0) is 9.47 Å². The molecule has 3 aliphatic rings. The van der Waals surface area contributed by atoms with E-state index >= 15 is 0 Å². The monoisotopic (exact) mass is 350 g/mol. The smallest absolute Gasteiger partial charge is 0.264 e. The van der Waals surface area contributed by atoms with Gasteiger partial charge in [0.05, 0.1) is 17.6 Å². The lowest BCUT2D eigenvalue weighted by atomic mass is 9.92. The van der Waals surface area contributed by atoms with E-state index in [2.05, 4.69) is 4.90 Å². The molecule has 4 heterocycles. The Hall–Kier alpha value is -0.950. The number of likely N-dealkylation sites (tertiary alicyclic amines) is 1. The Morgan fingerprint density at radius 2 is 2.00 bits per heavy atom. The van der Waals surface area contributed by atoms with Gasteiger partial charge in [-0.3, -0.25) is 9.69 Å². The number of hydrogen-bond donors (Lipinski definition) is 0. The molecule has 0 N–H and O–H groups in total. The van der Waals surface area contributed by atoms with Crippen molar-refractivity contribution in [3.8, 4) is 0 Å². The Kier molecular flexibility index (Phi) is 5.17. The van der Waals surface area contributed by atoms with Crippen molar-refractivity contribution >= 4 is 17.2 Å². The van der Waals surface area contributed by atoms with Crippen molar-refractivity contribution in [1.29, 1.82) is 0 Å². The predicted molar refractivity (Wildman–Crippen MR) is 93.5 cm³/mol. The second-order valence-corrected chi connectivity index (χ2v) is 7.97. The van der Waals surface area contributed by atoms with Crippen LogP contribution in [0.15, 0.2) is 17.5 Å². The summed E-state index contributed by atoms with van der Waals surface area (Å²) in [6.45, 7) is 6.26. The van der Waals surface area contributed by atoms with Crippen molar-refractivity contribution in [2.24, 2.45) is 5.92 Å². The van der Waals surface area contributed by atoms with Gasteiger partial charge in [0.15, 0.2) is 0 Å². The number of nitrogens with zero attached hydrogens (tertiary/aromatic N) is 2. The molecule has 0 aliphatic carbocycles. The number of piperidine rings is 1. The Bertz CT molecular complexity index is 544. The average molecular weight is 350 g/mol. The van der Waals surface area contributed by atoms with E-state index < -0.39 is 0 Å². The zero-order chi connectivity index (χ0) is 16.4. The van der Waals surface area contributed by atoms with Gasteiger partial charge in [0, 0.05) is 51.4 Å². The van der Waals surface area contributed by atoms with E-state index in [-0.39, 0.29) is 12.0 Å². The van der Waals surface area contributed by atoms with Crippen molar-refractivity contribution in [2.75, 3.05) is 46.0 Å². The highest BCUT2D eigenvalue weighted by atomic mass is 32.1. The topological polar surface area (TPSA) is 42.0 Å². The van der Waals surface area contributed by atoms with Crippen LogP contribution in [0.25, 0.3) is 0 Å². The number of carbonyl (C=O) groups excluding carboxylic acids is 1. The minimum atomic E-state index is 0.164. The standard InChI is InChI=1S/C18H26N2O3S/c21-18(17-2-1-11-24-17)20-6-3-14-12-19(7-10-23-16(14)13-20)15-4-8-22-9-5-15/h1-2,11,14-16H,3-10,12-13H2/t14-,16-/m0/s1. The summed E-state index contributed by atoms with van der Waals surface area (Å²) in [5, 5.41) is 1.97. The van der Waals surface area contributed by atoms with E-state index in [4.69, 9.17) is 9.47 Å². The summed E-state index contributed by atoms with van der Waals surface area (Å²) in [4.78, 5) is 18.0. The highest BCUT2D eigenvalue weighted by molar-refractivity contribution is 7.12. The molecule has 2 atom stereocenters. The Balaban J connectivity index is 1.38. The summed E-state index contributed by atoms with van der Waals surface area (Å²) in [5.41, 5.74) is 0. The van der Waals surface area contributed by atoms with Crippen molar-refractivity contribution in [3.63, 3.8) is 0 Å². The van der Waals surface area contributed by atoms with Gasteiger partial charge in [-0.15, -0.1) is 11.3 Å². The van der Waals surface area contributed by atoms with Crippen LogP contribution in [0.1, 0.15) is 28.9 Å². The zero-order valence-electron chi connectivity index (χ0n) is 14.1. The molecule has 5 nitrogen and oxygen atoms in total. The second kappa shape index (κ2) is 7.52. The summed E-state index contributed by atoms with van der Waals surface area (Å²) in [6, 6.07) is 4.50. The van der Waals surface area contributed by atoms with Gasteiger partial charge in [0.2, 0.25) is 0 Å². The van der Waals surface area contributed by atoms with Gasteiger partial charge in [-0.05, 0) is 30.7 Å². The molecule has 3 fully saturated rings. The number of ether oxygens (including phenoxy) is 2. The normalized spacial score (nSPS) is 29.9. The quantitative estimate of drug-likeness (QED) is 0.819. The Labute approximate surface area is 147 Å². The van der Waals surface area contributed by atoms with Crippen LogP contribution in [0.5, 0.6) is 0 Å². The molecule has 3 saturated heterocycles. The third kappa shape index (κ3) is 3.52. The molecule has 1 aromatic rings. The molecule has 0 bridgehead atoms. The maximum absolute atomic E-state index is 12.6. The molecule has 1 aromatic heterocycles. The molecular weight excluding hydrogens is 324 g/mol. The minimum absolute atomic E-state index is 0.164. The van der Waals surface area contributed by atoms with Gasteiger partial charge < -0.3 is 14.4 Å². The van der Waals surface area contributed by atoms with Crippen LogP contribution in [-0.4, -0.2) is 73.9 Å². The predicted octanol–water partition coefficient (Wildman–Crippen LogP) is 2.09. The Morgan fingerprint density at radius 3 is 2.79 bits per heavy atom. The number of carbonyl (C=O) groups is 1. The van der Waals surface area contributed by atoms with Gasteiger partial charge in [-0.25, -0.2) is 0 Å². The maximum Gasteiger partial charge on any atom is 0.264 e. The number of fused-ring (bicyclic) bond motifs is 1. The van der Waals surface area contributed by atoms with Crippen LogP contribution in [0.2, 0.25) is 0 Å². The molecule has 0 spiro atoms. The first kappa shape index (κ1) is 16.5. The zero-order valence-corrected chi connectivity index (χ0v) is 14.9. The number of hydrogen-bond acceptors (Lipinski definition) is 5. The molecule has 132 valence electrons. The molecule has 0 aromatic carbocycles. The molecule has 24 heavy (non-hydrogen) atoms. The van der Waals surface area contributed by atoms with Crippen LogP contribution in [0, 0.1) is 5.92 Å².